The molecule has 2 rings (SSSR count). The van der Waals surface area contributed by atoms with Gasteiger partial charge in [0, 0.05) is 6.04 Å². The second kappa shape index (κ2) is 3.59. The van der Waals surface area contributed by atoms with Crippen molar-refractivity contribution in [2.45, 2.75) is 51.0 Å². The molecule has 2 atom stereocenters. The van der Waals surface area contributed by atoms with Crippen molar-refractivity contribution in [1.82, 2.24) is 0 Å². The van der Waals surface area contributed by atoms with Crippen molar-refractivity contribution in [3.05, 3.63) is 0 Å². The van der Waals surface area contributed by atoms with Gasteiger partial charge in [0.15, 0.2) is 0 Å². The fourth-order valence-corrected chi connectivity index (χ4v) is 3.01. The van der Waals surface area contributed by atoms with Crippen LogP contribution in [0.2, 0.25) is 0 Å². The molecule has 0 aliphatic heterocycles. The maximum atomic E-state index is 4.18. The predicted molar refractivity (Wildman–Crippen MR) is 52.6 cm³/mol. The van der Waals surface area contributed by atoms with E-state index in [4.69, 9.17) is 0 Å². The van der Waals surface area contributed by atoms with Crippen LogP contribution in [0.4, 0.5) is 0 Å². The lowest BCUT2D eigenvalue weighted by Crippen LogP contribution is -2.04. The SMILES string of the molecule is C=NC1CCC2CCCC2CC1. The monoisotopic (exact) mass is 165 g/mol. The maximum absolute atomic E-state index is 4.18. The molecule has 68 valence electrons. The molecule has 0 aromatic heterocycles. The predicted octanol–water partition coefficient (Wildman–Crippen LogP) is 3.05. The highest BCUT2D eigenvalue weighted by Crippen LogP contribution is 2.41. The first-order valence-electron chi connectivity index (χ1n) is 5.36. The first-order valence-corrected chi connectivity index (χ1v) is 5.36. The van der Waals surface area contributed by atoms with Crippen LogP contribution < -0.4 is 0 Å². The molecule has 2 unspecified atom stereocenters. The quantitative estimate of drug-likeness (QED) is 0.529. The number of rotatable bonds is 1. The lowest BCUT2D eigenvalue weighted by molar-refractivity contribution is 0.367. The number of fused-ring (bicyclic) bond motifs is 1. The van der Waals surface area contributed by atoms with Crippen LogP contribution >= 0.6 is 0 Å². The Kier molecular flexibility index (Phi) is 2.48. The van der Waals surface area contributed by atoms with E-state index < -0.39 is 0 Å². The highest BCUT2D eigenvalue weighted by molar-refractivity contribution is 5.24. The maximum Gasteiger partial charge on any atom is 0.0492 e. The molecule has 0 amide bonds. The molecule has 0 aromatic rings. The molecular formula is C11H19N. The van der Waals surface area contributed by atoms with Crippen LogP contribution in [-0.2, 0) is 0 Å². The molecule has 0 aromatic carbocycles. The van der Waals surface area contributed by atoms with Crippen molar-refractivity contribution in [2.75, 3.05) is 0 Å². The molecule has 0 bridgehead atoms. The molecule has 2 aliphatic carbocycles. The second-order valence-corrected chi connectivity index (χ2v) is 4.44. The molecule has 1 nitrogen and oxygen atoms in total. The summed E-state index contributed by atoms with van der Waals surface area (Å²) in [5.74, 6) is 2.11. The lowest BCUT2D eigenvalue weighted by Gasteiger charge is -2.14. The van der Waals surface area contributed by atoms with E-state index in [-0.39, 0.29) is 0 Å². The molecular weight excluding hydrogens is 146 g/mol. The van der Waals surface area contributed by atoms with Gasteiger partial charge in [0.1, 0.15) is 0 Å². The van der Waals surface area contributed by atoms with Crippen LogP contribution in [0, 0.1) is 11.8 Å². The Hall–Kier alpha value is -0.330. The Morgan fingerprint density at radius 3 is 1.92 bits per heavy atom. The van der Waals surface area contributed by atoms with E-state index in [2.05, 4.69) is 11.7 Å². The molecule has 12 heavy (non-hydrogen) atoms. The van der Waals surface area contributed by atoms with Crippen LogP contribution in [0.3, 0.4) is 0 Å². The van der Waals surface area contributed by atoms with Crippen molar-refractivity contribution < 1.29 is 0 Å². The smallest absolute Gasteiger partial charge is 0.0492 e. The number of aliphatic imine (C=N–C) groups is 1. The second-order valence-electron chi connectivity index (χ2n) is 4.44. The molecule has 2 saturated carbocycles. The van der Waals surface area contributed by atoms with Crippen LogP contribution in [0.25, 0.3) is 0 Å². The van der Waals surface area contributed by atoms with E-state index in [0.29, 0.717) is 6.04 Å². The highest BCUT2D eigenvalue weighted by Gasteiger charge is 2.30. The molecule has 0 radical (unpaired) electrons. The van der Waals surface area contributed by atoms with Gasteiger partial charge in [-0.05, 0) is 44.2 Å². The van der Waals surface area contributed by atoms with Gasteiger partial charge in [-0.1, -0.05) is 19.3 Å². The van der Waals surface area contributed by atoms with Crippen LogP contribution in [-0.4, -0.2) is 12.8 Å². The van der Waals surface area contributed by atoms with E-state index in [1.807, 2.05) is 0 Å². The van der Waals surface area contributed by atoms with Gasteiger partial charge in [0.2, 0.25) is 0 Å². The summed E-state index contributed by atoms with van der Waals surface area (Å²) in [4.78, 5) is 4.18. The van der Waals surface area contributed by atoms with Gasteiger partial charge in [-0.15, -0.1) is 0 Å². The van der Waals surface area contributed by atoms with Gasteiger partial charge >= 0.3 is 0 Å². The van der Waals surface area contributed by atoms with E-state index in [1.165, 1.54) is 44.9 Å². The Balaban J connectivity index is 1.94. The van der Waals surface area contributed by atoms with Gasteiger partial charge in [-0.2, -0.15) is 0 Å². The number of nitrogens with zero attached hydrogens (tertiary/aromatic N) is 1. The van der Waals surface area contributed by atoms with Crippen molar-refractivity contribution >= 4 is 6.72 Å². The van der Waals surface area contributed by atoms with Gasteiger partial charge in [-0.3, -0.25) is 4.99 Å². The summed E-state index contributed by atoms with van der Waals surface area (Å²) >= 11 is 0. The average Bonchev–Trinajstić information content (AvgIpc) is 2.46. The summed E-state index contributed by atoms with van der Waals surface area (Å²) in [6.45, 7) is 3.67. The summed E-state index contributed by atoms with van der Waals surface area (Å²) in [6, 6.07) is 0.593. The van der Waals surface area contributed by atoms with E-state index >= 15 is 0 Å². The Morgan fingerprint density at radius 1 is 0.833 bits per heavy atom. The minimum absolute atomic E-state index is 0.593. The third-order valence-corrected chi connectivity index (χ3v) is 3.82. The molecule has 2 fully saturated rings. The summed E-state index contributed by atoms with van der Waals surface area (Å²) in [5, 5.41) is 0. The van der Waals surface area contributed by atoms with Crippen molar-refractivity contribution in [3.8, 4) is 0 Å². The molecule has 0 saturated heterocycles. The topological polar surface area (TPSA) is 12.4 Å². The highest BCUT2D eigenvalue weighted by atomic mass is 14.7. The molecule has 0 heterocycles. The molecule has 1 heteroatoms. The summed E-state index contributed by atoms with van der Waals surface area (Å²) in [6.07, 6.45) is 9.95. The Bertz CT molecular complexity index is 150. The summed E-state index contributed by atoms with van der Waals surface area (Å²) in [7, 11) is 0. The van der Waals surface area contributed by atoms with Crippen molar-refractivity contribution in [2.24, 2.45) is 16.8 Å². The Labute approximate surface area is 75.3 Å². The van der Waals surface area contributed by atoms with E-state index in [0.717, 1.165) is 11.8 Å². The first-order chi connectivity index (χ1) is 5.90. The van der Waals surface area contributed by atoms with Crippen LogP contribution in [0.1, 0.15) is 44.9 Å². The normalized spacial score (nSPS) is 41.8. The van der Waals surface area contributed by atoms with Gasteiger partial charge in [0.05, 0.1) is 0 Å². The van der Waals surface area contributed by atoms with Crippen LogP contribution in [0.15, 0.2) is 4.99 Å². The largest absolute Gasteiger partial charge is 0.298 e. The zero-order valence-corrected chi connectivity index (χ0v) is 7.84. The van der Waals surface area contributed by atoms with Gasteiger partial charge in [-0.25, -0.2) is 0 Å². The van der Waals surface area contributed by atoms with Gasteiger partial charge in [0.25, 0.3) is 0 Å². The minimum Gasteiger partial charge on any atom is -0.298 e. The zero-order valence-electron chi connectivity index (χ0n) is 7.84. The average molecular weight is 165 g/mol. The van der Waals surface area contributed by atoms with Crippen LogP contribution in [0.5, 0.6) is 0 Å². The van der Waals surface area contributed by atoms with Crippen molar-refractivity contribution in [1.29, 1.82) is 0 Å². The zero-order chi connectivity index (χ0) is 8.39. The standard InChI is InChI=1S/C11H19N/c1-12-11-7-5-9-3-2-4-10(9)6-8-11/h9-11H,1-8H2. The van der Waals surface area contributed by atoms with Crippen molar-refractivity contribution in [3.63, 3.8) is 0 Å². The van der Waals surface area contributed by atoms with Gasteiger partial charge < -0.3 is 0 Å². The minimum atomic E-state index is 0.593. The van der Waals surface area contributed by atoms with E-state index in [9.17, 15) is 0 Å². The molecule has 0 spiro atoms. The number of hydrogen-bond donors (Lipinski definition) is 0. The molecule has 2 aliphatic rings. The Morgan fingerprint density at radius 2 is 1.42 bits per heavy atom. The third kappa shape index (κ3) is 1.55. The van der Waals surface area contributed by atoms with E-state index in [1.54, 1.807) is 0 Å². The molecule has 0 N–H and O–H groups in total. The third-order valence-electron chi connectivity index (χ3n) is 3.82. The summed E-state index contributed by atoms with van der Waals surface area (Å²) < 4.78 is 0. The first kappa shape index (κ1) is 8.28. The number of hydrogen-bond acceptors (Lipinski definition) is 1. The summed E-state index contributed by atoms with van der Waals surface area (Å²) in [5.41, 5.74) is 0. The lowest BCUT2D eigenvalue weighted by atomic mass is 9.92. The fourth-order valence-electron chi connectivity index (χ4n) is 3.01. The fraction of sp³-hybridized carbons (Fsp3) is 0.909.